The van der Waals surface area contributed by atoms with Gasteiger partial charge in [-0.15, -0.1) is 0 Å². The van der Waals surface area contributed by atoms with E-state index in [1.54, 1.807) is 48.5 Å². The van der Waals surface area contributed by atoms with Crippen LogP contribution in [-0.4, -0.2) is 139 Å². The van der Waals surface area contributed by atoms with Crippen LogP contribution in [0.15, 0.2) is 97.1 Å². The Bertz CT molecular complexity index is 2420. The number of hydrogen-bond acceptors (Lipinski definition) is 10. The van der Waals surface area contributed by atoms with E-state index in [0.29, 0.717) is 67.8 Å². The van der Waals surface area contributed by atoms with E-state index in [4.69, 9.17) is 9.47 Å². The Kier molecular flexibility index (Phi) is 14.1. The van der Waals surface area contributed by atoms with Crippen LogP contribution in [0, 0.1) is 0 Å². The molecule has 17 heteroatoms. The van der Waals surface area contributed by atoms with E-state index in [0.717, 1.165) is 54.5 Å². The number of likely N-dealkylation sites (tertiary alicyclic amines) is 2. The van der Waals surface area contributed by atoms with Gasteiger partial charge in [0.1, 0.15) is 24.2 Å². The second-order valence-electron chi connectivity index (χ2n) is 17.1. The molecule has 3 saturated heterocycles. The lowest BCUT2D eigenvalue weighted by atomic mass is 10.0. The van der Waals surface area contributed by atoms with E-state index in [1.165, 1.54) is 24.0 Å². The SMILES string of the molecule is COC(=O)N[C@@H](C(=O)N1CCC[C@H]1C(=O)Nc1ccc2c3ccc(NC(=O)[C@@H]4CCCN4C(=O)[C@H](NC(=O)OC)c4ccccc4)cc3n(CCN3CCN(C)CC3)c2c1)c1ccccc1. The number of alkyl carbamates (subject to hydrolysis) is 2. The predicted octanol–water partition coefficient (Wildman–Crippen LogP) is 5.10. The van der Waals surface area contributed by atoms with Gasteiger partial charge in [0.05, 0.1) is 25.3 Å². The largest absolute Gasteiger partial charge is 0.453 e. The van der Waals surface area contributed by atoms with Crippen LogP contribution < -0.4 is 21.3 Å². The molecular formula is C49H57N9O8. The van der Waals surface area contributed by atoms with Crippen molar-refractivity contribution in [2.24, 2.45) is 0 Å². The lowest BCUT2D eigenvalue weighted by Gasteiger charge is -2.32. The zero-order chi connectivity index (χ0) is 46.3. The summed E-state index contributed by atoms with van der Waals surface area (Å²) in [6, 6.07) is 25.8. The maximum absolute atomic E-state index is 14.1. The third-order valence-electron chi connectivity index (χ3n) is 13.0. The molecule has 3 aliphatic heterocycles. The number of likely N-dealkylation sites (N-methyl/N-ethyl adjacent to an activating group) is 1. The second-order valence-corrected chi connectivity index (χ2v) is 17.1. The number of nitrogens with zero attached hydrogens (tertiary/aromatic N) is 5. The molecule has 3 aliphatic rings. The fourth-order valence-corrected chi connectivity index (χ4v) is 9.41. The van der Waals surface area contributed by atoms with Crippen molar-refractivity contribution in [2.75, 3.05) is 77.7 Å². The lowest BCUT2D eigenvalue weighted by Crippen LogP contribution is -2.48. The topological polar surface area (TPSA) is 187 Å². The number of anilines is 2. The van der Waals surface area contributed by atoms with Crippen LogP contribution in [0.3, 0.4) is 0 Å². The average molecular weight is 900 g/mol. The zero-order valence-corrected chi connectivity index (χ0v) is 37.5. The van der Waals surface area contributed by atoms with Crippen molar-refractivity contribution in [3.8, 4) is 0 Å². The summed E-state index contributed by atoms with van der Waals surface area (Å²) < 4.78 is 11.9. The van der Waals surface area contributed by atoms with E-state index in [9.17, 15) is 28.8 Å². The van der Waals surface area contributed by atoms with Crippen molar-refractivity contribution >= 4 is 69.0 Å². The molecule has 17 nitrogen and oxygen atoms in total. The molecular weight excluding hydrogens is 843 g/mol. The monoisotopic (exact) mass is 899 g/mol. The maximum Gasteiger partial charge on any atom is 0.407 e. The van der Waals surface area contributed by atoms with Gasteiger partial charge in [0.15, 0.2) is 0 Å². The number of methoxy groups -OCH3 is 2. The van der Waals surface area contributed by atoms with Crippen molar-refractivity contribution in [3.63, 3.8) is 0 Å². The molecule has 66 heavy (non-hydrogen) atoms. The minimum Gasteiger partial charge on any atom is -0.453 e. The Morgan fingerprint density at radius 2 is 1.02 bits per heavy atom. The number of amides is 6. The first-order chi connectivity index (χ1) is 32.0. The van der Waals surface area contributed by atoms with Crippen molar-refractivity contribution < 1.29 is 38.2 Å². The van der Waals surface area contributed by atoms with Crippen LogP contribution >= 0.6 is 0 Å². The number of hydrogen-bond donors (Lipinski definition) is 4. The van der Waals surface area contributed by atoms with Gasteiger partial charge in [-0.2, -0.15) is 0 Å². The Morgan fingerprint density at radius 1 is 0.576 bits per heavy atom. The Hall–Kier alpha value is -6.98. The van der Waals surface area contributed by atoms with Crippen LogP contribution in [0.4, 0.5) is 21.0 Å². The van der Waals surface area contributed by atoms with E-state index in [2.05, 4.69) is 42.7 Å². The summed E-state index contributed by atoms with van der Waals surface area (Å²) in [5, 5.41) is 13.4. The number of nitrogens with one attached hydrogen (secondary N) is 4. The lowest BCUT2D eigenvalue weighted by molar-refractivity contribution is -0.138. The second kappa shape index (κ2) is 20.5. The molecule has 0 aliphatic carbocycles. The van der Waals surface area contributed by atoms with E-state index < -0.39 is 48.2 Å². The first kappa shape index (κ1) is 45.6. The normalized spacial score (nSPS) is 18.7. The van der Waals surface area contributed by atoms with Crippen LogP contribution in [-0.2, 0) is 35.2 Å². The number of ether oxygens (including phenoxy) is 2. The van der Waals surface area contributed by atoms with Crippen molar-refractivity contribution in [2.45, 2.75) is 56.4 Å². The molecule has 1 aromatic heterocycles. The first-order valence-electron chi connectivity index (χ1n) is 22.5. The van der Waals surface area contributed by atoms with Gasteiger partial charge in [-0.1, -0.05) is 72.8 Å². The Labute approximate surface area is 383 Å². The third kappa shape index (κ3) is 9.96. The Balaban J connectivity index is 1.04. The van der Waals surface area contributed by atoms with E-state index in [1.807, 2.05) is 48.5 Å². The van der Waals surface area contributed by atoms with Crippen LogP contribution in [0.2, 0.25) is 0 Å². The molecule has 4 aromatic carbocycles. The van der Waals surface area contributed by atoms with Crippen LogP contribution in [0.25, 0.3) is 21.8 Å². The summed E-state index contributed by atoms with van der Waals surface area (Å²) in [7, 11) is 4.60. The van der Waals surface area contributed by atoms with Gasteiger partial charge in [0, 0.05) is 74.5 Å². The number of fused-ring (bicyclic) bond motifs is 3. The van der Waals surface area contributed by atoms with Gasteiger partial charge in [0.25, 0.3) is 11.8 Å². The minimum atomic E-state index is -1.03. The van der Waals surface area contributed by atoms with Crippen LogP contribution in [0.5, 0.6) is 0 Å². The molecule has 0 bridgehead atoms. The van der Waals surface area contributed by atoms with Crippen molar-refractivity contribution in [1.82, 2.24) is 34.8 Å². The summed E-state index contributed by atoms with van der Waals surface area (Å²) in [6.45, 7) is 5.94. The molecule has 4 heterocycles. The Morgan fingerprint density at radius 3 is 1.44 bits per heavy atom. The molecule has 8 rings (SSSR count). The quantitative estimate of drug-likeness (QED) is 0.124. The maximum atomic E-state index is 14.1. The van der Waals surface area contributed by atoms with E-state index >= 15 is 0 Å². The first-order valence-corrected chi connectivity index (χ1v) is 22.5. The summed E-state index contributed by atoms with van der Waals surface area (Å²) in [5.74, 6) is -1.45. The molecule has 4 atom stereocenters. The molecule has 4 N–H and O–H groups in total. The van der Waals surface area contributed by atoms with Gasteiger partial charge in [-0.25, -0.2) is 9.59 Å². The molecule has 0 saturated carbocycles. The highest BCUT2D eigenvalue weighted by Gasteiger charge is 2.40. The fourth-order valence-electron chi connectivity index (χ4n) is 9.41. The summed E-state index contributed by atoms with van der Waals surface area (Å²) in [4.78, 5) is 88.8. The minimum absolute atomic E-state index is 0.328. The van der Waals surface area contributed by atoms with Gasteiger partial charge in [-0.05, 0) is 68.1 Å². The number of carbonyl (C=O) groups excluding carboxylic acids is 6. The smallest absolute Gasteiger partial charge is 0.407 e. The summed E-state index contributed by atoms with van der Waals surface area (Å²) >= 11 is 0. The molecule has 3 fully saturated rings. The number of benzene rings is 4. The fraction of sp³-hybridized carbons (Fsp3) is 0.388. The van der Waals surface area contributed by atoms with Crippen molar-refractivity contribution in [1.29, 1.82) is 0 Å². The number of rotatable bonds is 13. The molecule has 346 valence electrons. The number of piperazine rings is 1. The highest BCUT2D eigenvalue weighted by molar-refractivity contribution is 6.11. The molecule has 5 aromatic rings. The molecule has 0 unspecified atom stereocenters. The predicted molar refractivity (Wildman–Crippen MR) is 250 cm³/mol. The third-order valence-corrected chi connectivity index (χ3v) is 13.0. The summed E-state index contributed by atoms with van der Waals surface area (Å²) in [5.41, 5.74) is 4.08. The van der Waals surface area contributed by atoms with Gasteiger partial charge >= 0.3 is 12.2 Å². The zero-order valence-electron chi connectivity index (χ0n) is 37.5. The molecule has 0 radical (unpaired) electrons. The van der Waals surface area contributed by atoms with Gasteiger partial charge in [-0.3, -0.25) is 24.1 Å². The summed E-state index contributed by atoms with van der Waals surface area (Å²) in [6.07, 6.45) is 0.669. The highest BCUT2D eigenvalue weighted by atomic mass is 16.5. The molecule has 6 amide bonds. The number of aromatic nitrogens is 1. The van der Waals surface area contributed by atoms with Gasteiger partial charge in [0.2, 0.25) is 11.8 Å². The average Bonchev–Trinajstić information content (AvgIpc) is 4.11. The molecule has 0 spiro atoms. The highest BCUT2D eigenvalue weighted by Crippen LogP contribution is 2.34. The van der Waals surface area contributed by atoms with Gasteiger partial charge < -0.3 is 50.0 Å². The van der Waals surface area contributed by atoms with Crippen LogP contribution in [0.1, 0.15) is 48.9 Å². The standard InChI is InChI=1S/C49H57N9O8/c1-54-24-26-55(27-25-54)28-29-56-40-30-34(50-44(59)38-16-10-22-57(38)46(61)42(52-48(63)65-2)32-12-6-4-7-13-32)18-20-36(40)37-21-19-35(31-41(37)56)51-45(60)39-17-11-23-58(39)47(62)43(53-49(64)66-3)33-14-8-5-9-15-33/h4-9,12-15,18-21,30-31,38-39,42-43H,10-11,16-17,22-29H2,1-3H3,(H,50,59)(H,51,60)(H,52,63)(H,53,64)/t38-,39-,42+,43+/m0/s1. The van der Waals surface area contributed by atoms with Crippen molar-refractivity contribution in [3.05, 3.63) is 108 Å². The van der Waals surface area contributed by atoms with E-state index in [-0.39, 0.29) is 11.8 Å². The number of carbonyl (C=O) groups is 6.